The van der Waals surface area contributed by atoms with Gasteiger partial charge in [-0.2, -0.15) is 0 Å². The lowest BCUT2D eigenvalue weighted by atomic mass is 10.0. The molecule has 2 aliphatic rings. The first kappa shape index (κ1) is 17.9. The summed E-state index contributed by atoms with van der Waals surface area (Å²) in [7, 11) is 0. The van der Waals surface area contributed by atoms with E-state index in [1.54, 1.807) is 6.20 Å². The minimum Gasteiger partial charge on any atom is -0.348 e. The Hall–Kier alpha value is -2.47. The number of nitrogens with zero attached hydrogens (tertiary/aromatic N) is 4. The molecule has 0 atom stereocenters. The van der Waals surface area contributed by atoms with E-state index < -0.39 is 0 Å². The van der Waals surface area contributed by atoms with E-state index >= 15 is 0 Å². The standard InChI is InChI=1S/C21H27N5O/c1-16(13-17-5-3-2-4-6-17)14-25-11-9-19(10-12-25)26-15-20(23-24-26)21(27)22-18-7-8-18/h2-6,13,15,18-19H,7-12,14H2,1H3,(H,22,27)/b16-13+. The molecule has 1 aromatic carbocycles. The number of benzene rings is 1. The fourth-order valence-electron chi connectivity index (χ4n) is 3.62. The van der Waals surface area contributed by atoms with Gasteiger partial charge in [0.2, 0.25) is 0 Å². The van der Waals surface area contributed by atoms with Crippen molar-refractivity contribution in [2.75, 3.05) is 19.6 Å². The first-order chi connectivity index (χ1) is 13.2. The molecule has 2 heterocycles. The topological polar surface area (TPSA) is 63.1 Å². The van der Waals surface area contributed by atoms with Crippen LogP contribution in [0.3, 0.4) is 0 Å². The van der Waals surface area contributed by atoms with E-state index in [0.29, 0.717) is 17.8 Å². The minimum atomic E-state index is -0.0946. The van der Waals surface area contributed by atoms with Crippen LogP contribution in [0, 0.1) is 0 Å². The summed E-state index contributed by atoms with van der Waals surface area (Å²) >= 11 is 0. The van der Waals surface area contributed by atoms with Gasteiger partial charge in [0, 0.05) is 25.7 Å². The number of hydrogen-bond acceptors (Lipinski definition) is 4. The van der Waals surface area contributed by atoms with Gasteiger partial charge in [-0.1, -0.05) is 47.2 Å². The number of likely N-dealkylation sites (tertiary alicyclic amines) is 1. The molecule has 1 N–H and O–H groups in total. The van der Waals surface area contributed by atoms with Crippen LogP contribution < -0.4 is 5.32 Å². The summed E-state index contributed by atoms with van der Waals surface area (Å²) in [6.45, 7) is 5.26. The van der Waals surface area contributed by atoms with Crippen LogP contribution in [-0.2, 0) is 0 Å². The Morgan fingerprint density at radius 2 is 1.93 bits per heavy atom. The highest BCUT2D eigenvalue weighted by Gasteiger charge is 2.26. The molecule has 142 valence electrons. The second kappa shape index (κ2) is 8.05. The summed E-state index contributed by atoms with van der Waals surface area (Å²) in [4.78, 5) is 14.6. The second-order valence-corrected chi connectivity index (χ2v) is 7.74. The lowest BCUT2D eigenvalue weighted by Crippen LogP contribution is -2.35. The van der Waals surface area contributed by atoms with Crippen LogP contribution in [0.4, 0.5) is 0 Å². The predicted octanol–water partition coefficient (Wildman–Crippen LogP) is 2.91. The number of nitrogens with one attached hydrogen (secondary N) is 1. The largest absolute Gasteiger partial charge is 0.348 e. The molecule has 27 heavy (non-hydrogen) atoms. The monoisotopic (exact) mass is 365 g/mol. The number of carbonyl (C=O) groups is 1. The van der Waals surface area contributed by atoms with Crippen LogP contribution >= 0.6 is 0 Å². The van der Waals surface area contributed by atoms with Gasteiger partial charge in [-0.15, -0.1) is 5.10 Å². The van der Waals surface area contributed by atoms with Gasteiger partial charge in [0.05, 0.1) is 12.2 Å². The zero-order valence-electron chi connectivity index (χ0n) is 15.8. The van der Waals surface area contributed by atoms with E-state index in [4.69, 9.17) is 0 Å². The quantitative estimate of drug-likeness (QED) is 0.855. The maximum absolute atomic E-state index is 12.1. The number of hydrogen-bond donors (Lipinski definition) is 1. The highest BCUT2D eigenvalue weighted by molar-refractivity contribution is 5.92. The molecule has 1 amide bonds. The van der Waals surface area contributed by atoms with Crippen molar-refractivity contribution in [3.63, 3.8) is 0 Å². The van der Waals surface area contributed by atoms with Crippen molar-refractivity contribution in [3.8, 4) is 0 Å². The van der Waals surface area contributed by atoms with E-state index in [9.17, 15) is 4.79 Å². The van der Waals surface area contributed by atoms with E-state index in [1.165, 1.54) is 11.1 Å². The predicted molar refractivity (Wildman–Crippen MR) is 105 cm³/mol. The maximum Gasteiger partial charge on any atom is 0.273 e. The van der Waals surface area contributed by atoms with Crippen molar-refractivity contribution >= 4 is 12.0 Å². The Kier molecular flexibility index (Phi) is 5.34. The van der Waals surface area contributed by atoms with E-state index in [0.717, 1.165) is 45.3 Å². The third kappa shape index (κ3) is 4.83. The van der Waals surface area contributed by atoms with Crippen LogP contribution in [0.1, 0.15) is 54.7 Å². The van der Waals surface area contributed by atoms with Crippen molar-refractivity contribution in [2.45, 2.75) is 44.7 Å². The Morgan fingerprint density at radius 3 is 2.63 bits per heavy atom. The summed E-state index contributed by atoms with van der Waals surface area (Å²) in [5.74, 6) is -0.0946. The smallest absolute Gasteiger partial charge is 0.273 e. The third-order valence-corrected chi connectivity index (χ3v) is 5.27. The van der Waals surface area contributed by atoms with Crippen molar-refractivity contribution in [2.24, 2.45) is 0 Å². The molecule has 0 spiro atoms. The molecule has 6 nitrogen and oxygen atoms in total. The zero-order valence-corrected chi connectivity index (χ0v) is 15.8. The number of carbonyl (C=O) groups excluding carboxylic acids is 1. The van der Waals surface area contributed by atoms with Gasteiger partial charge in [0.25, 0.3) is 5.91 Å². The normalized spacial score (nSPS) is 19.2. The van der Waals surface area contributed by atoms with E-state index in [-0.39, 0.29) is 5.91 Å². The summed E-state index contributed by atoms with van der Waals surface area (Å²) in [6, 6.07) is 11.1. The minimum absolute atomic E-state index is 0.0946. The molecule has 0 radical (unpaired) electrons. The van der Waals surface area contributed by atoms with Crippen molar-refractivity contribution < 1.29 is 4.79 Å². The van der Waals surface area contributed by atoms with Gasteiger partial charge in [-0.25, -0.2) is 4.68 Å². The zero-order chi connectivity index (χ0) is 18.6. The molecule has 0 bridgehead atoms. The Morgan fingerprint density at radius 1 is 1.19 bits per heavy atom. The third-order valence-electron chi connectivity index (χ3n) is 5.27. The fraction of sp³-hybridized carbons (Fsp3) is 0.476. The average molecular weight is 365 g/mol. The van der Waals surface area contributed by atoms with Gasteiger partial charge in [0.1, 0.15) is 0 Å². The van der Waals surface area contributed by atoms with Gasteiger partial charge in [-0.3, -0.25) is 9.69 Å². The molecule has 0 unspecified atom stereocenters. The van der Waals surface area contributed by atoms with E-state index in [2.05, 4.69) is 57.8 Å². The van der Waals surface area contributed by atoms with Gasteiger partial charge >= 0.3 is 0 Å². The highest BCUT2D eigenvalue weighted by atomic mass is 16.2. The molecule has 4 rings (SSSR count). The molecule has 1 saturated heterocycles. The average Bonchev–Trinajstić information content (AvgIpc) is 3.35. The maximum atomic E-state index is 12.1. The van der Waals surface area contributed by atoms with E-state index in [1.807, 2.05) is 10.7 Å². The van der Waals surface area contributed by atoms with Crippen LogP contribution in [0.15, 0.2) is 42.1 Å². The number of amides is 1. The van der Waals surface area contributed by atoms with Crippen molar-refractivity contribution in [1.82, 2.24) is 25.2 Å². The molecule has 6 heteroatoms. The summed E-state index contributed by atoms with van der Waals surface area (Å²) in [6.07, 6.45) is 8.29. The molecule has 1 aliphatic carbocycles. The molecular weight excluding hydrogens is 338 g/mol. The molecular formula is C21H27N5O. The first-order valence-corrected chi connectivity index (χ1v) is 9.84. The summed E-state index contributed by atoms with van der Waals surface area (Å²) in [5.41, 5.74) is 3.06. The lowest BCUT2D eigenvalue weighted by Gasteiger charge is -2.31. The molecule has 1 aliphatic heterocycles. The fourth-order valence-corrected chi connectivity index (χ4v) is 3.62. The van der Waals surface area contributed by atoms with Gasteiger partial charge < -0.3 is 5.32 Å². The molecule has 1 saturated carbocycles. The van der Waals surface area contributed by atoms with Crippen molar-refractivity contribution in [1.29, 1.82) is 0 Å². The SMILES string of the molecule is C/C(=C\c1ccccc1)CN1CCC(n2cc(C(=O)NC3CC3)nn2)CC1. The molecule has 2 fully saturated rings. The first-order valence-electron chi connectivity index (χ1n) is 9.84. The number of piperidine rings is 1. The summed E-state index contributed by atoms with van der Waals surface area (Å²) < 4.78 is 1.88. The Balaban J connectivity index is 1.28. The van der Waals surface area contributed by atoms with Gasteiger partial charge in [-0.05, 0) is 38.2 Å². The van der Waals surface area contributed by atoms with Gasteiger partial charge in [0.15, 0.2) is 5.69 Å². The number of aromatic nitrogens is 3. The second-order valence-electron chi connectivity index (χ2n) is 7.74. The molecule has 1 aromatic heterocycles. The highest BCUT2D eigenvalue weighted by Crippen LogP contribution is 2.23. The van der Waals surface area contributed by atoms with Crippen LogP contribution in [0.5, 0.6) is 0 Å². The molecule has 2 aromatic rings. The Bertz CT molecular complexity index is 801. The Labute approximate surface area is 160 Å². The summed E-state index contributed by atoms with van der Waals surface area (Å²) in [5, 5.41) is 11.2. The number of rotatable bonds is 6. The van der Waals surface area contributed by atoms with Crippen LogP contribution in [0.25, 0.3) is 6.08 Å². The van der Waals surface area contributed by atoms with Crippen LogP contribution in [0.2, 0.25) is 0 Å². The lowest BCUT2D eigenvalue weighted by molar-refractivity contribution is 0.0946. The van der Waals surface area contributed by atoms with Crippen LogP contribution in [-0.4, -0.2) is 51.5 Å². The van der Waals surface area contributed by atoms with Crippen molar-refractivity contribution in [3.05, 3.63) is 53.4 Å².